The molecule has 1 heterocycles. The van der Waals surface area contributed by atoms with E-state index in [4.69, 9.17) is 9.52 Å². The Labute approximate surface area is 114 Å². The Morgan fingerprint density at radius 3 is 2.60 bits per heavy atom. The highest BCUT2D eigenvalue weighted by Gasteiger charge is 2.16. The highest BCUT2D eigenvalue weighted by Crippen LogP contribution is 2.22. The molecule has 0 aliphatic carbocycles. The minimum atomic E-state index is -1.25. The lowest BCUT2D eigenvalue weighted by atomic mass is 10.1. The van der Waals surface area contributed by atoms with Crippen molar-refractivity contribution in [1.82, 2.24) is 0 Å². The minimum absolute atomic E-state index is 0.0924. The van der Waals surface area contributed by atoms with Gasteiger partial charge in [0.05, 0.1) is 11.3 Å². The molecule has 2 rings (SSSR count). The fourth-order valence-corrected chi connectivity index (χ4v) is 1.69. The number of amides is 1. The molecule has 104 valence electrons. The minimum Gasteiger partial charge on any atom is -0.508 e. The number of carbonyl (C=O) groups is 2. The Morgan fingerprint density at radius 1 is 1.25 bits per heavy atom. The van der Waals surface area contributed by atoms with Crippen LogP contribution < -0.4 is 5.32 Å². The molecule has 0 unspecified atom stereocenters. The van der Waals surface area contributed by atoms with Crippen LogP contribution >= 0.6 is 0 Å². The predicted molar refractivity (Wildman–Crippen MR) is 71.1 cm³/mol. The molecule has 0 aliphatic rings. The van der Waals surface area contributed by atoms with E-state index in [0.717, 1.165) is 6.07 Å². The quantitative estimate of drug-likeness (QED) is 0.744. The molecule has 0 saturated carbocycles. The summed E-state index contributed by atoms with van der Waals surface area (Å²) >= 11 is 0. The Balaban J connectivity index is 2.25. The summed E-state index contributed by atoms with van der Waals surface area (Å²) in [6, 6.07) is 6.89. The Bertz CT molecular complexity index is 659. The number of nitrogens with one attached hydrogen (secondary N) is 1. The van der Waals surface area contributed by atoms with E-state index in [-0.39, 0.29) is 22.8 Å². The third-order valence-electron chi connectivity index (χ3n) is 2.72. The number of furan rings is 1. The van der Waals surface area contributed by atoms with E-state index in [1.165, 1.54) is 18.2 Å². The summed E-state index contributed by atoms with van der Waals surface area (Å²) in [5.74, 6) is -1.21. The van der Waals surface area contributed by atoms with Gasteiger partial charge in [0.25, 0.3) is 5.91 Å². The molecule has 0 atom stereocenters. The number of hydrogen-bond donors (Lipinski definition) is 3. The lowest BCUT2D eigenvalue weighted by Gasteiger charge is -2.07. The van der Waals surface area contributed by atoms with Crippen LogP contribution in [0, 0.1) is 0 Å². The number of phenols is 1. The van der Waals surface area contributed by atoms with Gasteiger partial charge < -0.3 is 19.9 Å². The molecule has 0 bridgehead atoms. The molecule has 1 aromatic carbocycles. The molecule has 6 nitrogen and oxygen atoms in total. The number of aromatic carboxylic acids is 1. The van der Waals surface area contributed by atoms with Gasteiger partial charge in [0.15, 0.2) is 5.76 Å². The topological polar surface area (TPSA) is 99.8 Å². The van der Waals surface area contributed by atoms with Gasteiger partial charge in [0.1, 0.15) is 11.5 Å². The molecular formula is C14H13NO5. The number of aryl methyl sites for hydroxylation is 1. The van der Waals surface area contributed by atoms with E-state index in [1.807, 2.05) is 6.92 Å². The number of carbonyl (C=O) groups excluding carboxylic acids is 1. The van der Waals surface area contributed by atoms with E-state index < -0.39 is 11.9 Å². The van der Waals surface area contributed by atoms with E-state index in [2.05, 4.69) is 5.32 Å². The number of anilines is 1. The Kier molecular flexibility index (Phi) is 3.74. The number of rotatable bonds is 4. The van der Waals surface area contributed by atoms with E-state index in [9.17, 15) is 14.7 Å². The first-order valence-electron chi connectivity index (χ1n) is 5.97. The van der Waals surface area contributed by atoms with Crippen molar-refractivity contribution >= 4 is 17.6 Å². The average Bonchev–Trinajstić information content (AvgIpc) is 2.89. The lowest BCUT2D eigenvalue weighted by molar-refractivity contribution is 0.0697. The van der Waals surface area contributed by atoms with Crippen LogP contribution in [0.25, 0.3) is 0 Å². The van der Waals surface area contributed by atoms with Crippen LogP contribution in [0.1, 0.15) is 33.6 Å². The summed E-state index contributed by atoms with van der Waals surface area (Å²) in [5, 5.41) is 20.8. The first-order chi connectivity index (χ1) is 9.51. The molecule has 0 spiro atoms. The molecular weight excluding hydrogens is 262 g/mol. The van der Waals surface area contributed by atoms with Crippen LogP contribution in [-0.2, 0) is 6.42 Å². The monoisotopic (exact) mass is 275 g/mol. The van der Waals surface area contributed by atoms with Crippen LogP contribution in [0.15, 0.2) is 34.7 Å². The van der Waals surface area contributed by atoms with E-state index >= 15 is 0 Å². The predicted octanol–water partition coefficient (Wildman–Crippen LogP) is 2.50. The van der Waals surface area contributed by atoms with Gasteiger partial charge >= 0.3 is 5.97 Å². The molecule has 6 heteroatoms. The lowest BCUT2D eigenvalue weighted by Crippen LogP contribution is -2.14. The maximum Gasteiger partial charge on any atom is 0.337 e. The van der Waals surface area contributed by atoms with Crippen molar-refractivity contribution in [3.63, 3.8) is 0 Å². The van der Waals surface area contributed by atoms with Gasteiger partial charge in [-0.15, -0.1) is 0 Å². The molecule has 0 aliphatic heterocycles. The van der Waals surface area contributed by atoms with Crippen LogP contribution in [0.2, 0.25) is 0 Å². The Morgan fingerprint density at radius 2 is 2.00 bits per heavy atom. The maximum atomic E-state index is 11.9. The third-order valence-corrected chi connectivity index (χ3v) is 2.72. The van der Waals surface area contributed by atoms with Crippen LogP contribution in [-0.4, -0.2) is 22.1 Å². The molecule has 0 radical (unpaired) electrons. The first kappa shape index (κ1) is 13.7. The SMILES string of the molecule is CCc1ccc(C(=O)Nc2ccc(O)cc2C(=O)O)o1. The van der Waals surface area contributed by atoms with Gasteiger partial charge in [-0.3, -0.25) is 4.79 Å². The van der Waals surface area contributed by atoms with Crippen LogP contribution in [0.3, 0.4) is 0 Å². The maximum absolute atomic E-state index is 11.9. The van der Waals surface area contributed by atoms with Gasteiger partial charge in [0, 0.05) is 6.42 Å². The number of benzene rings is 1. The number of carboxylic acid groups (broad SMARTS) is 1. The van der Waals surface area contributed by atoms with Crippen molar-refractivity contribution in [2.75, 3.05) is 5.32 Å². The molecule has 3 N–H and O–H groups in total. The Hall–Kier alpha value is -2.76. The molecule has 20 heavy (non-hydrogen) atoms. The number of hydrogen-bond acceptors (Lipinski definition) is 4. The number of aromatic hydroxyl groups is 1. The van der Waals surface area contributed by atoms with Crippen LogP contribution in [0.5, 0.6) is 5.75 Å². The van der Waals surface area contributed by atoms with Gasteiger partial charge in [-0.05, 0) is 30.3 Å². The van der Waals surface area contributed by atoms with Gasteiger partial charge in [-0.2, -0.15) is 0 Å². The molecule has 0 saturated heterocycles. The summed E-state index contributed by atoms with van der Waals surface area (Å²) in [7, 11) is 0. The third kappa shape index (κ3) is 2.80. The van der Waals surface area contributed by atoms with Gasteiger partial charge in [0.2, 0.25) is 0 Å². The van der Waals surface area contributed by atoms with E-state index in [0.29, 0.717) is 12.2 Å². The summed E-state index contributed by atoms with van der Waals surface area (Å²) < 4.78 is 5.28. The zero-order valence-electron chi connectivity index (χ0n) is 10.7. The summed E-state index contributed by atoms with van der Waals surface area (Å²) in [5.41, 5.74) is -0.102. The number of phenolic OH excluding ortho intramolecular Hbond substituents is 1. The molecule has 0 fully saturated rings. The second-order valence-corrected chi connectivity index (χ2v) is 4.11. The summed E-state index contributed by atoms with van der Waals surface area (Å²) in [6.07, 6.45) is 0.660. The fraction of sp³-hybridized carbons (Fsp3) is 0.143. The highest BCUT2D eigenvalue weighted by molar-refractivity contribution is 6.06. The zero-order chi connectivity index (χ0) is 14.7. The van der Waals surface area contributed by atoms with Crippen molar-refractivity contribution in [2.24, 2.45) is 0 Å². The normalized spacial score (nSPS) is 10.2. The standard InChI is InChI=1S/C14H13NO5/c1-2-9-4-6-12(20-9)13(17)15-11-5-3-8(16)7-10(11)14(18)19/h3-7,16H,2H2,1H3,(H,15,17)(H,18,19). The molecule has 1 amide bonds. The summed E-state index contributed by atoms with van der Waals surface area (Å²) in [4.78, 5) is 23.0. The summed E-state index contributed by atoms with van der Waals surface area (Å²) in [6.45, 7) is 1.89. The van der Waals surface area contributed by atoms with Gasteiger partial charge in [-0.25, -0.2) is 4.79 Å². The zero-order valence-corrected chi connectivity index (χ0v) is 10.7. The van der Waals surface area contributed by atoms with Crippen molar-refractivity contribution in [1.29, 1.82) is 0 Å². The highest BCUT2D eigenvalue weighted by atomic mass is 16.4. The second kappa shape index (κ2) is 5.48. The van der Waals surface area contributed by atoms with E-state index in [1.54, 1.807) is 6.07 Å². The number of carboxylic acids is 1. The first-order valence-corrected chi connectivity index (χ1v) is 5.97. The van der Waals surface area contributed by atoms with Crippen molar-refractivity contribution in [3.05, 3.63) is 47.4 Å². The fourth-order valence-electron chi connectivity index (χ4n) is 1.69. The second-order valence-electron chi connectivity index (χ2n) is 4.11. The smallest absolute Gasteiger partial charge is 0.337 e. The molecule has 2 aromatic rings. The van der Waals surface area contributed by atoms with Crippen LogP contribution in [0.4, 0.5) is 5.69 Å². The van der Waals surface area contributed by atoms with Gasteiger partial charge in [-0.1, -0.05) is 6.92 Å². The van der Waals surface area contributed by atoms with Crippen molar-refractivity contribution in [2.45, 2.75) is 13.3 Å². The average molecular weight is 275 g/mol. The largest absolute Gasteiger partial charge is 0.508 e. The van der Waals surface area contributed by atoms with Crippen molar-refractivity contribution < 1.29 is 24.2 Å². The van der Waals surface area contributed by atoms with Crippen molar-refractivity contribution in [3.8, 4) is 5.75 Å². The molecule has 1 aromatic heterocycles.